The van der Waals surface area contributed by atoms with Gasteiger partial charge < -0.3 is 278 Å². The topological polar surface area (TPSA) is 902 Å². The van der Waals surface area contributed by atoms with E-state index in [0.717, 1.165) is 0 Å². The quantitative estimate of drug-likeness (QED) is 0.0306. The molecule has 122 heavy (non-hydrogen) atoms. The van der Waals surface area contributed by atoms with Crippen LogP contribution >= 0.6 is 0 Å². The molecule has 55 atom stereocenters. The highest BCUT2D eigenvalue weighted by Gasteiger charge is 2.57. The average molecular weight is 1800 g/mol. The maximum absolute atomic E-state index is 11.0. The van der Waals surface area contributed by atoms with Gasteiger partial charge in [0.1, 0.15) is 269 Å². The summed E-state index contributed by atoms with van der Waals surface area (Å²) in [5.41, 5.74) is 0. The fourth-order valence-corrected chi connectivity index (χ4v) is 14.9. The van der Waals surface area contributed by atoms with Crippen molar-refractivity contribution in [2.75, 3.05) is 72.7 Å². The van der Waals surface area contributed by atoms with E-state index in [1.165, 1.54) is 0 Å². The lowest BCUT2D eigenvalue weighted by Crippen LogP contribution is -2.64. The van der Waals surface area contributed by atoms with Crippen LogP contribution in [0.25, 0.3) is 0 Å². The lowest BCUT2D eigenvalue weighted by molar-refractivity contribution is -0.355. The summed E-state index contributed by atoms with van der Waals surface area (Å²) < 4.78 is 116. The van der Waals surface area contributed by atoms with Crippen LogP contribution in [0.1, 0.15) is 0 Å². The minimum Gasteiger partial charge on any atom is -0.394 e. The molecule has 0 aromatic rings. The third-order valence-corrected chi connectivity index (χ3v) is 22.8. The molecule has 56 heteroatoms. The van der Waals surface area contributed by atoms with Gasteiger partial charge in [-0.05, 0) is 0 Å². The Balaban J connectivity index is 0.627. The summed E-state index contributed by atoms with van der Waals surface area (Å²) in [6, 6.07) is 0. The van der Waals surface area contributed by atoms with Gasteiger partial charge in [-0.25, -0.2) is 0 Å². The molecule has 11 fully saturated rings. The van der Waals surface area contributed by atoms with Crippen LogP contribution in [-0.4, -0.2) is 589 Å². The summed E-state index contributed by atoms with van der Waals surface area (Å²) in [4.78, 5) is 0. The first-order valence-corrected chi connectivity index (χ1v) is 38.7. The van der Waals surface area contributed by atoms with Gasteiger partial charge in [-0.1, -0.05) is 0 Å². The number of aliphatic hydroxyl groups is 35. The molecule has 0 amide bonds. The summed E-state index contributed by atoms with van der Waals surface area (Å²) in [5, 5.41) is 373. The largest absolute Gasteiger partial charge is 0.394 e. The van der Waals surface area contributed by atoms with E-state index in [2.05, 4.69) is 0 Å². The van der Waals surface area contributed by atoms with Crippen molar-refractivity contribution in [3.63, 3.8) is 0 Å². The first-order chi connectivity index (χ1) is 57.6. The summed E-state index contributed by atoms with van der Waals surface area (Å²) in [6.45, 7) is -9.52. The van der Waals surface area contributed by atoms with Crippen LogP contribution < -0.4 is 0 Å². The molecule has 0 bridgehead atoms. The summed E-state index contributed by atoms with van der Waals surface area (Å²) in [7, 11) is 0. The van der Waals surface area contributed by atoms with Gasteiger partial charge in [0.05, 0.1) is 72.7 Å². The Morgan fingerprint density at radius 1 is 0.123 bits per heavy atom. The molecule has 0 saturated carbocycles. The van der Waals surface area contributed by atoms with Gasteiger partial charge in [-0.15, -0.1) is 0 Å². The van der Waals surface area contributed by atoms with E-state index in [1.54, 1.807) is 0 Å². The van der Waals surface area contributed by atoms with E-state index in [4.69, 9.17) is 99.5 Å². The third kappa shape index (κ3) is 22.1. The smallest absolute Gasteiger partial charge is 0.186 e. The van der Waals surface area contributed by atoms with Crippen molar-refractivity contribution in [2.45, 2.75) is 338 Å². The van der Waals surface area contributed by atoms with Gasteiger partial charge in [-0.3, -0.25) is 0 Å². The van der Waals surface area contributed by atoms with Crippen molar-refractivity contribution in [3.05, 3.63) is 0 Å². The predicted molar refractivity (Wildman–Crippen MR) is 362 cm³/mol. The van der Waals surface area contributed by atoms with Crippen LogP contribution in [0.5, 0.6) is 0 Å². The molecule has 56 nitrogen and oxygen atoms in total. The zero-order valence-corrected chi connectivity index (χ0v) is 63.8. The second-order valence-electron chi connectivity index (χ2n) is 31.2. The standard InChI is InChI=1S/C66H112O56/c67-1-12-23(68)35(80)46(91)57(113-12)103-3-14-25(70)37(82)48(93)59(115-14)105-5-16-27(72)39(84)50(95)61(117-16)107-7-18-29(74)41(86)52(97)63(119-18)109-9-20-31(76)43(88)54(99)65(121-20)111-11-22-33(78)44(89)55(100)66(122-22)110-10-21-32(77)42(87)53(98)64(120-21)108-8-19-30(75)40(85)51(96)62(118-19)106-6-17-28(73)38(83)49(94)60(116-17)104-4-15-26(71)36(81)47(92)58(114-15)102-2-13-24(69)34(79)45(90)56(101)112-13/h12-101H,1-11H2/t12-,13+,14-,15+,16-,17+,18-,19+,20-,21+,22+,23-,24-,25-,26-,27-,28-,29-,30-,31-,32-,33+,34+,35-,36+,37+,38+,39-,40+,41-,42+,43-,44+,45+,46+,47+,48+,49+,50+,51+,52+,53+,54+,55+,56-,57+,58-,59+,60-,61+,62-,63+,64-,65+,66+/m0/s1. The Labute approximate surface area is 687 Å². The highest BCUT2D eigenvalue weighted by Crippen LogP contribution is 2.36. The first-order valence-electron chi connectivity index (χ1n) is 38.7. The van der Waals surface area contributed by atoms with E-state index in [0.29, 0.717) is 0 Å². The summed E-state index contributed by atoms with van der Waals surface area (Å²) >= 11 is 0. The van der Waals surface area contributed by atoms with E-state index in [9.17, 15) is 179 Å². The monoisotopic (exact) mass is 1800 g/mol. The van der Waals surface area contributed by atoms with Crippen LogP contribution in [0, 0.1) is 0 Å². The van der Waals surface area contributed by atoms with Crippen LogP contribution in [0.3, 0.4) is 0 Å². The van der Waals surface area contributed by atoms with Crippen molar-refractivity contribution in [1.82, 2.24) is 0 Å². The lowest BCUT2D eigenvalue weighted by Gasteiger charge is -2.45. The molecule has 35 N–H and O–H groups in total. The molecule has 11 aliphatic heterocycles. The van der Waals surface area contributed by atoms with Gasteiger partial charge in [-0.2, -0.15) is 0 Å². The van der Waals surface area contributed by atoms with Gasteiger partial charge >= 0.3 is 0 Å². The number of ether oxygens (including phenoxy) is 21. The van der Waals surface area contributed by atoms with E-state index < -0.39 is 410 Å². The number of hydrogen-bond donors (Lipinski definition) is 35. The van der Waals surface area contributed by atoms with Gasteiger partial charge in [0, 0.05) is 0 Å². The van der Waals surface area contributed by atoms with Crippen molar-refractivity contribution in [2.24, 2.45) is 0 Å². The Morgan fingerprint density at radius 3 is 0.361 bits per heavy atom. The maximum atomic E-state index is 11.0. The molecule has 0 spiro atoms. The van der Waals surface area contributed by atoms with Gasteiger partial charge in [0.25, 0.3) is 0 Å². The molecule has 0 aromatic carbocycles. The normalized spacial score (nSPS) is 53.8. The minimum atomic E-state index is -2.16. The van der Waals surface area contributed by atoms with E-state index >= 15 is 0 Å². The summed E-state index contributed by atoms with van der Waals surface area (Å²) in [6.07, 6.45) is -107. The summed E-state index contributed by atoms with van der Waals surface area (Å²) in [5.74, 6) is 0. The lowest BCUT2D eigenvalue weighted by atomic mass is 9.97. The van der Waals surface area contributed by atoms with Crippen molar-refractivity contribution >= 4 is 0 Å². The Morgan fingerprint density at radius 2 is 0.230 bits per heavy atom. The highest BCUT2D eigenvalue weighted by molar-refractivity contribution is 5.01. The first kappa shape index (κ1) is 100. The Kier molecular flexibility index (Phi) is 35.7. The van der Waals surface area contributed by atoms with Crippen LogP contribution in [0.2, 0.25) is 0 Å². The number of rotatable bonds is 31. The molecule has 11 heterocycles. The second-order valence-corrected chi connectivity index (χ2v) is 31.2. The molecule has 11 rings (SSSR count). The molecule has 0 unspecified atom stereocenters. The van der Waals surface area contributed by atoms with E-state index in [1.807, 2.05) is 0 Å². The molecule has 11 aliphatic rings. The number of hydrogen-bond acceptors (Lipinski definition) is 56. The average Bonchev–Trinajstić information content (AvgIpc) is 0.793. The predicted octanol–water partition coefficient (Wildman–Crippen LogP) is -25.0. The maximum Gasteiger partial charge on any atom is 0.186 e. The number of aliphatic hydroxyl groups excluding tert-OH is 35. The SMILES string of the molecule is OC[C@@H]1O[C@@H](OC[C@@H]2O[C@@H](OC[C@@H]3O[C@@H](OC[C@@H]4O[C@@H](OC[C@@H]5O[C@@H](OC[C@H]6O[C@@H](OC[C@H]7O[C@H](OC[C@H]8O[C@H](OC[C@H]9O[C@H](OC[C@H]%10O[C@H](OC[C@H]%11O[C@H](O)[C@H](O)[C@H](O)[C@H]%11O)[C@H](O)[C@H](O)[C@H]%10O)[C@H](O)[C@H](O)[C@H]9O)[C@H](O)[C@H](O)[C@H]8O)[C@H](O)[C@H](O)[C@H]7O)[C@H](O)[C@H](O)[C@@H]6O)[C@H](O)[C@@H](O)[C@H]5O)[C@H](O)[C@@H](O)[C@H]4O)[C@H](O)[C@@H](O)[C@H]3O)[C@H](O)[C@H](O)[C@H]2O)[C@H](O)[C@@H](O)[C@H]1O. The van der Waals surface area contributed by atoms with Gasteiger partial charge in [0.2, 0.25) is 0 Å². The highest BCUT2D eigenvalue weighted by atomic mass is 16.8. The molecule has 0 radical (unpaired) electrons. The third-order valence-electron chi connectivity index (χ3n) is 22.8. The fourth-order valence-electron chi connectivity index (χ4n) is 14.9. The minimum absolute atomic E-state index is 0.744. The fraction of sp³-hybridized carbons (Fsp3) is 1.00. The molecular formula is C66H112O56. The van der Waals surface area contributed by atoms with Crippen molar-refractivity contribution < 1.29 is 278 Å². The molecular weight excluding hydrogens is 1690 g/mol. The Hall–Kier alpha value is -2.24. The second kappa shape index (κ2) is 43.4. The van der Waals surface area contributed by atoms with Gasteiger partial charge in [0.15, 0.2) is 69.2 Å². The van der Waals surface area contributed by atoms with Crippen LogP contribution in [0.4, 0.5) is 0 Å². The van der Waals surface area contributed by atoms with Crippen molar-refractivity contribution in [1.29, 1.82) is 0 Å². The zero-order chi connectivity index (χ0) is 89.4. The Bertz CT molecular complexity index is 3060. The van der Waals surface area contributed by atoms with Crippen LogP contribution in [0.15, 0.2) is 0 Å². The zero-order valence-electron chi connectivity index (χ0n) is 63.8. The molecule has 712 valence electrons. The van der Waals surface area contributed by atoms with E-state index in [-0.39, 0.29) is 0 Å². The molecule has 11 saturated heterocycles. The van der Waals surface area contributed by atoms with Crippen molar-refractivity contribution in [3.8, 4) is 0 Å². The molecule has 0 aliphatic carbocycles. The van der Waals surface area contributed by atoms with Crippen LogP contribution in [-0.2, 0) is 99.5 Å². The molecule has 0 aromatic heterocycles.